The summed E-state index contributed by atoms with van der Waals surface area (Å²) in [6.45, 7) is 8.49. The molecule has 0 heterocycles. The molecule has 0 amide bonds. The van der Waals surface area contributed by atoms with Gasteiger partial charge in [-0.15, -0.1) is 0 Å². The lowest BCUT2D eigenvalue weighted by Crippen LogP contribution is -2.03. The molecule has 198 valence electrons. The molecule has 0 bridgehead atoms. The predicted octanol–water partition coefficient (Wildman–Crippen LogP) is 10.8. The van der Waals surface area contributed by atoms with E-state index < -0.39 is 0 Å². The Hall–Kier alpha value is -1.18. The topological polar surface area (TPSA) is 18.5 Å². The van der Waals surface area contributed by atoms with Gasteiger partial charge >= 0.3 is 0 Å². The van der Waals surface area contributed by atoms with Crippen LogP contribution >= 0.6 is 0 Å². The minimum absolute atomic E-state index is 0.822. The summed E-state index contributed by atoms with van der Waals surface area (Å²) < 4.78 is 12.4. The maximum absolute atomic E-state index is 6.29. The summed E-state index contributed by atoms with van der Waals surface area (Å²) in [6.07, 6.45) is 27.7. The third kappa shape index (κ3) is 17.3. The Morgan fingerprint density at radius 1 is 0.471 bits per heavy atom. The number of hydrogen-bond donors (Lipinski definition) is 0. The molecule has 0 saturated heterocycles. The first-order chi connectivity index (χ1) is 16.8. The van der Waals surface area contributed by atoms with Crippen LogP contribution in [0.25, 0.3) is 0 Å². The molecule has 0 N–H and O–H groups in total. The highest BCUT2D eigenvalue weighted by Gasteiger charge is 2.07. The van der Waals surface area contributed by atoms with Crippen LogP contribution in [-0.2, 0) is 6.42 Å². The van der Waals surface area contributed by atoms with Gasteiger partial charge in [-0.05, 0) is 37.3 Å². The first kappa shape index (κ1) is 30.9. The standard InChI is InChI=1S/C32H58O2/c1-4-7-10-13-15-17-19-22-27-33-31-26-25-30(24-21-12-9-6-3)32(29-31)34-28-23-20-18-16-14-11-8-5-2/h25-26,29H,4-24,27-28H2,1-3H3. The van der Waals surface area contributed by atoms with Gasteiger partial charge in [0.2, 0.25) is 0 Å². The van der Waals surface area contributed by atoms with Crippen LogP contribution in [0.3, 0.4) is 0 Å². The Morgan fingerprint density at radius 3 is 1.44 bits per heavy atom. The van der Waals surface area contributed by atoms with Crippen LogP contribution in [0.15, 0.2) is 18.2 Å². The van der Waals surface area contributed by atoms with Crippen LogP contribution in [0.2, 0.25) is 0 Å². The molecule has 0 aliphatic rings. The van der Waals surface area contributed by atoms with Gasteiger partial charge in [-0.25, -0.2) is 0 Å². The lowest BCUT2D eigenvalue weighted by molar-refractivity contribution is 0.287. The summed E-state index contributed by atoms with van der Waals surface area (Å²) in [7, 11) is 0. The van der Waals surface area contributed by atoms with Crippen LogP contribution in [0.4, 0.5) is 0 Å². The summed E-state index contributed by atoms with van der Waals surface area (Å²) in [5.74, 6) is 2.04. The number of hydrogen-bond acceptors (Lipinski definition) is 2. The second-order valence-electron chi connectivity index (χ2n) is 10.2. The second kappa shape index (κ2) is 23.6. The van der Waals surface area contributed by atoms with Gasteiger partial charge in [-0.1, -0.05) is 136 Å². The Morgan fingerprint density at radius 2 is 0.912 bits per heavy atom. The summed E-state index contributed by atoms with van der Waals surface area (Å²) in [4.78, 5) is 0. The molecule has 0 radical (unpaired) electrons. The van der Waals surface area contributed by atoms with E-state index in [1.54, 1.807) is 0 Å². The predicted molar refractivity (Wildman–Crippen MR) is 150 cm³/mol. The molecule has 2 nitrogen and oxygen atoms in total. The van der Waals surface area contributed by atoms with Crippen molar-refractivity contribution in [2.75, 3.05) is 13.2 Å². The Labute approximate surface area is 213 Å². The van der Waals surface area contributed by atoms with Gasteiger partial charge in [0.15, 0.2) is 0 Å². The average molecular weight is 475 g/mol. The number of rotatable bonds is 25. The molecule has 0 aromatic heterocycles. The van der Waals surface area contributed by atoms with Crippen molar-refractivity contribution in [3.8, 4) is 11.5 Å². The molecule has 0 saturated carbocycles. The fraction of sp³-hybridized carbons (Fsp3) is 0.812. The smallest absolute Gasteiger partial charge is 0.126 e. The third-order valence-electron chi connectivity index (χ3n) is 6.86. The maximum atomic E-state index is 6.29. The summed E-state index contributed by atoms with van der Waals surface area (Å²) in [6, 6.07) is 6.56. The monoisotopic (exact) mass is 474 g/mol. The normalized spacial score (nSPS) is 11.1. The van der Waals surface area contributed by atoms with E-state index in [4.69, 9.17) is 9.47 Å². The first-order valence-corrected chi connectivity index (χ1v) is 15.2. The van der Waals surface area contributed by atoms with Crippen LogP contribution in [0.1, 0.15) is 155 Å². The van der Waals surface area contributed by atoms with Crippen molar-refractivity contribution in [3.05, 3.63) is 23.8 Å². The Balaban J connectivity index is 2.35. The molecule has 0 spiro atoms. The Kier molecular flexibility index (Phi) is 21.4. The molecule has 0 aliphatic heterocycles. The van der Waals surface area contributed by atoms with Crippen LogP contribution in [-0.4, -0.2) is 13.2 Å². The average Bonchev–Trinajstić information content (AvgIpc) is 2.85. The van der Waals surface area contributed by atoms with Gasteiger partial charge in [0, 0.05) is 6.07 Å². The van der Waals surface area contributed by atoms with E-state index in [9.17, 15) is 0 Å². The van der Waals surface area contributed by atoms with Gasteiger partial charge in [-0.3, -0.25) is 0 Å². The van der Waals surface area contributed by atoms with E-state index in [0.29, 0.717) is 0 Å². The van der Waals surface area contributed by atoms with Crippen molar-refractivity contribution in [1.82, 2.24) is 0 Å². The van der Waals surface area contributed by atoms with E-state index in [1.807, 2.05) is 0 Å². The van der Waals surface area contributed by atoms with E-state index in [-0.39, 0.29) is 0 Å². The second-order valence-corrected chi connectivity index (χ2v) is 10.2. The molecule has 1 rings (SSSR count). The fourth-order valence-electron chi connectivity index (χ4n) is 4.55. The van der Waals surface area contributed by atoms with Crippen molar-refractivity contribution in [2.24, 2.45) is 0 Å². The molecule has 0 fully saturated rings. The van der Waals surface area contributed by atoms with Crippen molar-refractivity contribution >= 4 is 0 Å². The maximum Gasteiger partial charge on any atom is 0.126 e. The number of ether oxygens (including phenoxy) is 2. The highest BCUT2D eigenvalue weighted by molar-refractivity contribution is 5.41. The van der Waals surface area contributed by atoms with Crippen molar-refractivity contribution in [3.63, 3.8) is 0 Å². The number of unbranched alkanes of at least 4 members (excludes halogenated alkanes) is 17. The molecular formula is C32H58O2. The number of benzene rings is 1. The van der Waals surface area contributed by atoms with Gasteiger partial charge in [-0.2, -0.15) is 0 Å². The Bertz CT molecular complexity index is 554. The minimum Gasteiger partial charge on any atom is -0.493 e. The molecule has 1 aromatic rings. The highest BCUT2D eigenvalue weighted by Crippen LogP contribution is 2.27. The quantitative estimate of drug-likeness (QED) is 0.131. The van der Waals surface area contributed by atoms with Gasteiger partial charge in [0.05, 0.1) is 13.2 Å². The number of aryl methyl sites for hydroxylation is 1. The molecular weight excluding hydrogens is 416 g/mol. The van der Waals surface area contributed by atoms with Gasteiger partial charge < -0.3 is 9.47 Å². The molecule has 0 aliphatic carbocycles. The molecule has 1 aromatic carbocycles. The fourth-order valence-corrected chi connectivity index (χ4v) is 4.55. The van der Waals surface area contributed by atoms with Crippen LogP contribution in [0, 0.1) is 0 Å². The third-order valence-corrected chi connectivity index (χ3v) is 6.86. The van der Waals surface area contributed by atoms with Gasteiger partial charge in [0.25, 0.3) is 0 Å². The van der Waals surface area contributed by atoms with Crippen LogP contribution in [0.5, 0.6) is 11.5 Å². The van der Waals surface area contributed by atoms with E-state index in [2.05, 4.69) is 39.0 Å². The molecule has 0 unspecified atom stereocenters. The molecule has 2 heteroatoms. The zero-order valence-corrected chi connectivity index (χ0v) is 23.3. The van der Waals surface area contributed by atoms with E-state index in [0.717, 1.165) is 44.0 Å². The lowest BCUT2D eigenvalue weighted by Gasteiger charge is -2.14. The lowest BCUT2D eigenvalue weighted by atomic mass is 10.0. The zero-order valence-electron chi connectivity index (χ0n) is 23.3. The zero-order chi connectivity index (χ0) is 24.5. The van der Waals surface area contributed by atoms with Crippen LogP contribution < -0.4 is 9.47 Å². The van der Waals surface area contributed by atoms with Gasteiger partial charge in [0.1, 0.15) is 11.5 Å². The summed E-state index contributed by atoms with van der Waals surface area (Å²) in [5.41, 5.74) is 1.36. The highest BCUT2D eigenvalue weighted by atomic mass is 16.5. The summed E-state index contributed by atoms with van der Waals surface area (Å²) >= 11 is 0. The van der Waals surface area contributed by atoms with Crippen molar-refractivity contribution in [2.45, 2.75) is 156 Å². The minimum atomic E-state index is 0.822. The van der Waals surface area contributed by atoms with Crippen molar-refractivity contribution in [1.29, 1.82) is 0 Å². The van der Waals surface area contributed by atoms with E-state index in [1.165, 1.54) is 121 Å². The SMILES string of the molecule is CCCCCCCCCCOc1ccc(CCCCCC)c(OCCCCCCCCCC)c1. The summed E-state index contributed by atoms with van der Waals surface area (Å²) in [5, 5.41) is 0. The first-order valence-electron chi connectivity index (χ1n) is 15.2. The largest absolute Gasteiger partial charge is 0.493 e. The molecule has 0 atom stereocenters. The van der Waals surface area contributed by atoms with Crippen molar-refractivity contribution < 1.29 is 9.47 Å². The molecule has 34 heavy (non-hydrogen) atoms. The van der Waals surface area contributed by atoms with E-state index >= 15 is 0 Å².